The monoisotopic (exact) mass is 234 g/mol. The molecule has 17 heavy (non-hydrogen) atoms. The van der Waals surface area contributed by atoms with Gasteiger partial charge in [0.15, 0.2) is 0 Å². The van der Waals surface area contributed by atoms with Crippen LogP contribution in [0, 0.1) is 12.8 Å². The van der Waals surface area contributed by atoms with E-state index in [9.17, 15) is 9.90 Å². The maximum absolute atomic E-state index is 11.2. The van der Waals surface area contributed by atoms with E-state index in [1.807, 2.05) is 13.0 Å². The number of carbonyl (C=O) groups is 1. The summed E-state index contributed by atoms with van der Waals surface area (Å²) < 4.78 is 0. The van der Waals surface area contributed by atoms with Gasteiger partial charge in [-0.15, -0.1) is 0 Å². The van der Waals surface area contributed by atoms with Crippen molar-refractivity contribution in [3.8, 4) is 0 Å². The number of aliphatic carboxylic acids is 1. The lowest BCUT2D eigenvalue weighted by Crippen LogP contribution is -2.37. The van der Waals surface area contributed by atoms with E-state index in [1.165, 1.54) is 0 Å². The second-order valence-corrected chi connectivity index (χ2v) is 4.67. The summed E-state index contributed by atoms with van der Waals surface area (Å²) in [6, 6.07) is 1.95. The van der Waals surface area contributed by atoms with Gasteiger partial charge in [-0.05, 0) is 31.4 Å². The minimum atomic E-state index is -0.686. The zero-order valence-electron chi connectivity index (χ0n) is 10.0. The number of carboxylic acids is 1. The Morgan fingerprint density at radius 3 is 2.94 bits per heavy atom. The number of hydrogen-bond donors (Lipinski definition) is 2. The summed E-state index contributed by atoms with van der Waals surface area (Å²) in [5.41, 5.74) is 2.06. The third-order valence-electron chi connectivity index (χ3n) is 3.44. The summed E-state index contributed by atoms with van der Waals surface area (Å²) in [4.78, 5) is 15.2. The van der Waals surface area contributed by atoms with Crippen molar-refractivity contribution < 1.29 is 9.90 Å². The number of nitrogens with one attached hydrogen (secondary N) is 1. The fourth-order valence-electron chi connectivity index (χ4n) is 2.43. The molecule has 1 aromatic heterocycles. The molecular formula is C13H18N2O2. The molecule has 1 saturated carbocycles. The minimum Gasteiger partial charge on any atom is -0.481 e. The Morgan fingerprint density at radius 2 is 2.24 bits per heavy atom. The Balaban J connectivity index is 2.11. The van der Waals surface area contributed by atoms with E-state index in [0.717, 1.165) is 36.9 Å². The molecule has 4 heteroatoms. The van der Waals surface area contributed by atoms with Crippen molar-refractivity contribution >= 4 is 11.7 Å². The van der Waals surface area contributed by atoms with E-state index < -0.39 is 5.97 Å². The van der Waals surface area contributed by atoms with Crippen LogP contribution in [0.25, 0.3) is 0 Å². The first-order valence-corrected chi connectivity index (χ1v) is 6.08. The first-order chi connectivity index (χ1) is 8.18. The molecule has 1 fully saturated rings. The van der Waals surface area contributed by atoms with Crippen molar-refractivity contribution in [2.75, 3.05) is 5.32 Å². The van der Waals surface area contributed by atoms with Crippen molar-refractivity contribution in [2.24, 2.45) is 5.92 Å². The topological polar surface area (TPSA) is 62.2 Å². The molecule has 0 saturated heterocycles. The second kappa shape index (κ2) is 5.17. The summed E-state index contributed by atoms with van der Waals surface area (Å²) in [6.45, 7) is 1.98. The predicted octanol–water partition coefficient (Wildman–Crippen LogP) is 2.45. The number of aromatic nitrogens is 1. The molecule has 1 aliphatic rings. The molecule has 4 nitrogen and oxygen atoms in total. The maximum Gasteiger partial charge on any atom is 0.308 e. The number of aryl methyl sites for hydroxylation is 1. The van der Waals surface area contributed by atoms with Gasteiger partial charge < -0.3 is 10.4 Å². The van der Waals surface area contributed by atoms with E-state index in [-0.39, 0.29) is 12.0 Å². The van der Waals surface area contributed by atoms with Gasteiger partial charge in [0.25, 0.3) is 0 Å². The van der Waals surface area contributed by atoms with Crippen LogP contribution in [-0.2, 0) is 4.79 Å². The average Bonchev–Trinajstić information content (AvgIpc) is 2.32. The van der Waals surface area contributed by atoms with Crippen molar-refractivity contribution in [1.82, 2.24) is 4.98 Å². The van der Waals surface area contributed by atoms with E-state index in [4.69, 9.17) is 0 Å². The number of nitrogens with zero attached hydrogens (tertiary/aromatic N) is 1. The van der Waals surface area contributed by atoms with Gasteiger partial charge in [-0.1, -0.05) is 12.8 Å². The molecule has 1 aromatic rings. The lowest BCUT2D eigenvalue weighted by molar-refractivity contribution is -0.143. The Hall–Kier alpha value is -1.58. The largest absolute Gasteiger partial charge is 0.481 e. The van der Waals surface area contributed by atoms with E-state index >= 15 is 0 Å². The zero-order valence-corrected chi connectivity index (χ0v) is 10.0. The van der Waals surface area contributed by atoms with Crippen LogP contribution < -0.4 is 5.32 Å². The molecule has 2 rings (SSSR count). The van der Waals surface area contributed by atoms with Crippen LogP contribution in [0.3, 0.4) is 0 Å². The Kier molecular flexibility index (Phi) is 3.61. The molecule has 0 aliphatic heterocycles. The smallest absolute Gasteiger partial charge is 0.308 e. The van der Waals surface area contributed by atoms with Gasteiger partial charge >= 0.3 is 5.97 Å². The minimum absolute atomic E-state index is 0.0438. The van der Waals surface area contributed by atoms with Crippen LogP contribution in [-0.4, -0.2) is 22.1 Å². The van der Waals surface area contributed by atoms with E-state index in [0.29, 0.717) is 0 Å². The molecule has 0 bridgehead atoms. The average molecular weight is 234 g/mol. The van der Waals surface area contributed by atoms with Crippen molar-refractivity contribution in [3.63, 3.8) is 0 Å². The third kappa shape index (κ3) is 2.75. The van der Waals surface area contributed by atoms with Crippen molar-refractivity contribution in [3.05, 3.63) is 24.0 Å². The van der Waals surface area contributed by atoms with Gasteiger partial charge in [-0.2, -0.15) is 0 Å². The highest BCUT2D eigenvalue weighted by Gasteiger charge is 2.30. The van der Waals surface area contributed by atoms with E-state index in [2.05, 4.69) is 10.3 Å². The van der Waals surface area contributed by atoms with Crippen LogP contribution in [0.1, 0.15) is 31.2 Å². The standard InChI is InChI=1S/C13H18N2O2/c1-9-8-14-7-6-11(9)15-12-5-3-2-4-10(12)13(16)17/h6-8,10,12H,2-5H2,1H3,(H,14,15)(H,16,17). The van der Waals surface area contributed by atoms with Crippen LogP contribution in [0.4, 0.5) is 5.69 Å². The molecular weight excluding hydrogens is 216 g/mol. The van der Waals surface area contributed by atoms with E-state index in [1.54, 1.807) is 12.4 Å². The summed E-state index contributed by atoms with van der Waals surface area (Å²) in [5, 5.41) is 12.6. The highest BCUT2D eigenvalue weighted by Crippen LogP contribution is 2.28. The predicted molar refractivity (Wildman–Crippen MR) is 66.0 cm³/mol. The Labute approximate surface area is 101 Å². The van der Waals surface area contributed by atoms with Crippen LogP contribution in [0.15, 0.2) is 18.5 Å². The molecule has 0 aromatic carbocycles. The number of carboxylic acid groups (broad SMARTS) is 1. The molecule has 2 unspecified atom stereocenters. The fraction of sp³-hybridized carbons (Fsp3) is 0.538. The molecule has 1 heterocycles. The fourth-order valence-corrected chi connectivity index (χ4v) is 2.43. The van der Waals surface area contributed by atoms with Gasteiger partial charge in [-0.3, -0.25) is 9.78 Å². The van der Waals surface area contributed by atoms with Gasteiger partial charge in [-0.25, -0.2) is 0 Å². The molecule has 1 aliphatic carbocycles. The lowest BCUT2D eigenvalue weighted by atomic mass is 9.84. The van der Waals surface area contributed by atoms with Crippen LogP contribution in [0.2, 0.25) is 0 Å². The van der Waals surface area contributed by atoms with Crippen LogP contribution in [0.5, 0.6) is 0 Å². The Bertz CT molecular complexity index is 406. The van der Waals surface area contributed by atoms with Gasteiger partial charge in [0, 0.05) is 24.1 Å². The molecule has 0 spiro atoms. The normalized spacial score (nSPS) is 24.3. The number of pyridine rings is 1. The highest BCUT2D eigenvalue weighted by atomic mass is 16.4. The molecule has 92 valence electrons. The first kappa shape index (κ1) is 11.9. The van der Waals surface area contributed by atoms with Crippen LogP contribution >= 0.6 is 0 Å². The number of rotatable bonds is 3. The first-order valence-electron chi connectivity index (χ1n) is 6.08. The van der Waals surface area contributed by atoms with Crippen molar-refractivity contribution in [2.45, 2.75) is 38.6 Å². The Morgan fingerprint density at radius 1 is 1.47 bits per heavy atom. The summed E-state index contributed by atoms with van der Waals surface area (Å²) >= 11 is 0. The van der Waals surface area contributed by atoms with Crippen molar-refractivity contribution in [1.29, 1.82) is 0 Å². The SMILES string of the molecule is Cc1cnccc1NC1CCCCC1C(=O)O. The summed E-state index contributed by atoms with van der Waals surface area (Å²) in [5.74, 6) is -0.953. The lowest BCUT2D eigenvalue weighted by Gasteiger charge is -2.30. The van der Waals surface area contributed by atoms with Gasteiger partial charge in [0.05, 0.1) is 5.92 Å². The number of hydrogen-bond acceptors (Lipinski definition) is 3. The summed E-state index contributed by atoms with van der Waals surface area (Å²) in [7, 11) is 0. The second-order valence-electron chi connectivity index (χ2n) is 4.67. The maximum atomic E-state index is 11.2. The third-order valence-corrected chi connectivity index (χ3v) is 3.44. The zero-order chi connectivity index (χ0) is 12.3. The molecule has 0 amide bonds. The molecule has 0 radical (unpaired) electrons. The molecule has 2 N–H and O–H groups in total. The van der Waals surface area contributed by atoms with Gasteiger partial charge in [0.1, 0.15) is 0 Å². The quantitative estimate of drug-likeness (QED) is 0.843. The summed E-state index contributed by atoms with van der Waals surface area (Å²) in [6.07, 6.45) is 7.35. The molecule has 2 atom stereocenters. The highest BCUT2D eigenvalue weighted by molar-refractivity contribution is 5.72. The van der Waals surface area contributed by atoms with Gasteiger partial charge in [0.2, 0.25) is 0 Å². The number of anilines is 1.